The SMILES string of the molecule is CCOC(=O)C1CCCCN1Cl. The summed E-state index contributed by atoms with van der Waals surface area (Å²) in [7, 11) is 0. The van der Waals surface area contributed by atoms with E-state index in [-0.39, 0.29) is 12.0 Å². The maximum Gasteiger partial charge on any atom is 0.324 e. The fourth-order valence-electron chi connectivity index (χ4n) is 1.37. The topological polar surface area (TPSA) is 29.5 Å². The number of hydrogen-bond acceptors (Lipinski definition) is 3. The van der Waals surface area contributed by atoms with Gasteiger partial charge < -0.3 is 4.74 Å². The number of rotatable bonds is 2. The molecule has 0 aromatic rings. The number of carbonyl (C=O) groups is 1. The minimum atomic E-state index is -0.222. The van der Waals surface area contributed by atoms with Crippen LogP contribution in [0.15, 0.2) is 0 Å². The monoisotopic (exact) mass is 191 g/mol. The minimum absolute atomic E-state index is 0.188. The first-order chi connectivity index (χ1) is 5.75. The molecule has 0 N–H and O–H groups in total. The Morgan fingerprint density at radius 1 is 1.67 bits per heavy atom. The highest BCUT2D eigenvalue weighted by atomic mass is 35.5. The van der Waals surface area contributed by atoms with E-state index in [2.05, 4.69) is 0 Å². The van der Waals surface area contributed by atoms with E-state index in [4.69, 9.17) is 16.5 Å². The Bertz CT molecular complexity index is 163. The average Bonchev–Trinajstić information content (AvgIpc) is 2.05. The molecule has 1 aliphatic heterocycles. The normalized spacial score (nSPS) is 25.3. The van der Waals surface area contributed by atoms with Gasteiger partial charge in [0.1, 0.15) is 6.04 Å². The van der Waals surface area contributed by atoms with Gasteiger partial charge in [-0.2, -0.15) is 0 Å². The van der Waals surface area contributed by atoms with Crippen LogP contribution in [0.25, 0.3) is 0 Å². The van der Waals surface area contributed by atoms with Crippen LogP contribution in [0.4, 0.5) is 0 Å². The molecule has 1 saturated heterocycles. The number of esters is 1. The number of nitrogens with zero attached hydrogens (tertiary/aromatic N) is 1. The molecule has 0 saturated carbocycles. The fraction of sp³-hybridized carbons (Fsp3) is 0.875. The summed E-state index contributed by atoms with van der Waals surface area (Å²) >= 11 is 5.85. The van der Waals surface area contributed by atoms with Gasteiger partial charge in [-0.15, -0.1) is 0 Å². The third-order valence-corrected chi connectivity index (χ3v) is 2.40. The molecule has 0 aromatic heterocycles. The van der Waals surface area contributed by atoms with Gasteiger partial charge in [-0.25, -0.2) is 4.42 Å². The molecule has 0 amide bonds. The van der Waals surface area contributed by atoms with Gasteiger partial charge >= 0.3 is 5.97 Å². The lowest BCUT2D eigenvalue weighted by molar-refractivity contribution is -0.148. The van der Waals surface area contributed by atoms with Gasteiger partial charge in [0.05, 0.1) is 6.61 Å². The second-order valence-corrected chi connectivity index (χ2v) is 3.32. The van der Waals surface area contributed by atoms with Crippen LogP contribution in [0.1, 0.15) is 26.2 Å². The Kier molecular flexibility index (Phi) is 3.82. The van der Waals surface area contributed by atoms with E-state index in [1.54, 1.807) is 11.3 Å². The van der Waals surface area contributed by atoms with E-state index < -0.39 is 0 Å². The summed E-state index contributed by atoms with van der Waals surface area (Å²) in [6.45, 7) is 3.02. The Labute approximate surface area is 77.7 Å². The van der Waals surface area contributed by atoms with Crippen molar-refractivity contribution in [2.24, 2.45) is 0 Å². The Balaban J connectivity index is 2.42. The molecule has 0 aromatic carbocycles. The highest BCUT2D eigenvalue weighted by Gasteiger charge is 2.28. The average molecular weight is 192 g/mol. The first kappa shape index (κ1) is 9.81. The standard InChI is InChI=1S/C8H14ClNO2/c1-2-12-8(11)7-5-3-4-6-10(7)9/h7H,2-6H2,1H3. The summed E-state index contributed by atoms with van der Waals surface area (Å²) in [6, 6.07) is -0.222. The van der Waals surface area contributed by atoms with Crippen LogP contribution in [0, 0.1) is 0 Å². The molecule has 4 heteroatoms. The van der Waals surface area contributed by atoms with Crippen molar-refractivity contribution in [3.8, 4) is 0 Å². The second-order valence-electron chi connectivity index (χ2n) is 2.89. The van der Waals surface area contributed by atoms with Crippen LogP contribution in [0.2, 0.25) is 0 Å². The largest absolute Gasteiger partial charge is 0.465 e. The third kappa shape index (κ3) is 2.35. The predicted molar refractivity (Wildman–Crippen MR) is 46.8 cm³/mol. The lowest BCUT2D eigenvalue weighted by Gasteiger charge is -2.27. The number of halogens is 1. The molecule has 0 aliphatic carbocycles. The van der Waals surface area contributed by atoms with Gasteiger partial charge in [-0.1, -0.05) is 0 Å². The summed E-state index contributed by atoms with van der Waals surface area (Å²) in [5.74, 6) is -0.188. The van der Waals surface area contributed by atoms with E-state index >= 15 is 0 Å². The first-order valence-corrected chi connectivity index (χ1v) is 4.68. The first-order valence-electron chi connectivity index (χ1n) is 4.34. The Morgan fingerprint density at radius 2 is 2.42 bits per heavy atom. The van der Waals surface area contributed by atoms with Crippen LogP contribution in [0.5, 0.6) is 0 Å². The molecule has 1 rings (SSSR count). The zero-order valence-electron chi connectivity index (χ0n) is 7.25. The van der Waals surface area contributed by atoms with Crippen molar-refractivity contribution in [3.63, 3.8) is 0 Å². The summed E-state index contributed by atoms with van der Waals surface area (Å²) in [5, 5.41) is 0. The lowest BCUT2D eigenvalue weighted by atomic mass is 10.1. The summed E-state index contributed by atoms with van der Waals surface area (Å²) in [4.78, 5) is 11.3. The molecule has 0 bridgehead atoms. The number of hydrogen-bond donors (Lipinski definition) is 0. The van der Waals surface area contributed by atoms with Crippen molar-refractivity contribution >= 4 is 17.7 Å². The number of carbonyl (C=O) groups excluding carboxylic acids is 1. The minimum Gasteiger partial charge on any atom is -0.465 e. The van der Waals surface area contributed by atoms with E-state index in [9.17, 15) is 4.79 Å². The van der Waals surface area contributed by atoms with Crippen LogP contribution >= 0.6 is 11.8 Å². The van der Waals surface area contributed by atoms with Crippen LogP contribution in [-0.2, 0) is 9.53 Å². The predicted octanol–water partition coefficient (Wildman–Crippen LogP) is 1.56. The lowest BCUT2D eigenvalue weighted by Crippen LogP contribution is -2.39. The molecule has 0 radical (unpaired) electrons. The maximum atomic E-state index is 11.3. The molecule has 1 atom stereocenters. The van der Waals surface area contributed by atoms with Gasteiger partial charge in [0, 0.05) is 6.54 Å². The smallest absolute Gasteiger partial charge is 0.324 e. The van der Waals surface area contributed by atoms with Crippen LogP contribution < -0.4 is 0 Å². The van der Waals surface area contributed by atoms with Crippen molar-refractivity contribution in [2.75, 3.05) is 13.2 Å². The van der Waals surface area contributed by atoms with Gasteiger partial charge in [-0.05, 0) is 38.0 Å². The van der Waals surface area contributed by atoms with E-state index in [1.165, 1.54) is 0 Å². The van der Waals surface area contributed by atoms with E-state index in [0.29, 0.717) is 6.61 Å². The maximum absolute atomic E-state index is 11.3. The zero-order valence-corrected chi connectivity index (χ0v) is 8.01. The fourth-order valence-corrected chi connectivity index (χ4v) is 1.66. The summed E-state index contributed by atoms with van der Waals surface area (Å²) in [6.07, 6.45) is 2.95. The molecule has 70 valence electrons. The van der Waals surface area contributed by atoms with Crippen molar-refractivity contribution in [1.82, 2.24) is 4.42 Å². The molecule has 1 unspecified atom stereocenters. The van der Waals surface area contributed by atoms with Gasteiger partial charge in [-0.3, -0.25) is 4.79 Å². The third-order valence-electron chi connectivity index (χ3n) is 2.00. The molecule has 1 fully saturated rings. The van der Waals surface area contributed by atoms with Crippen molar-refractivity contribution in [1.29, 1.82) is 0 Å². The van der Waals surface area contributed by atoms with E-state index in [0.717, 1.165) is 25.8 Å². The van der Waals surface area contributed by atoms with Gasteiger partial charge in [0.2, 0.25) is 0 Å². The highest BCUT2D eigenvalue weighted by molar-refractivity contribution is 6.14. The highest BCUT2D eigenvalue weighted by Crippen LogP contribution is 2.19. The molecule has 1 aliphatic rings. The second kappa shape index (κ2) is 4.67. The quantitative estimate of drug-likeness (QED) is 0.490. The van der Waals surface area contributed by atoms with Crippen molar-refractivity contribution < 1.29 is 9.53 Å². The Morgan fingerprint density at radius 3 is 3.00 bits per heavy atom. The van der Waals surface area contributed by atoms with Crippen LogP contribution in [0.3, 0.4) is 0 Å². The molecule has 0 spiro atoms. The molecule has 1 heterocycles. The molecular weight excluding hydrogens is 178 g/mol. The van der Waals surface area contributed by atoms with Crippen molar-refractivity contribution in [3.05, 3.63) is 0 Å². The summed E-state index contributed by atoms with van der Waals surface area (Å²) in [5.41, 5.74) is 0. The zero-order chi connectivity index (χ0) is 8.97. The summed E-state index contributed by atoms with van der Waals surface area (Å²) < 4.78 is 6.44. The van der Waals surface area contributed by atoms with Crippen LogP contribution in [-0.4, -0.2) is 29.6 Å². The molecule has 3 nitrogen and oxygen atoms in total. The molecule has 12 heavy (non-hydrogen) atoms. The van der Waals surface area contributed by atoms with Gasteiger partial charge in [0.15, 0.2) is 0 Å². The van der Waals surface area contributed by atoms with E-state index in [1.807, 2.05) is 0 Å². The Hall–Kier alpha value is -0.280. The van der Waals surface area contributed by atoms with Gasteiger partial charge in [0.25, 0.3) is 0 Å². The van der Waals surface area contributed by atoms with Crippen molar-refractivity contribution in [2.45, 2.75) is 32.2 Å². The molecular formula is C8H14ClNO2. The number of ether oxygens (including phenoxy) is 1. The number of piperidine rings is 1.